The maximum absolute atomic E-state index is 5.73. The Morgan fingerprint density at radius 2 is 2.17 bits per heavy atom. The fourth-order valence-electron chi connectivity index (χ4n) is 2.09. The van der Waals surface area contributed by atoms with E-state index in [1.165, 1.54) is 5.01 Å². The summed E-state index contributed by atoms with van der Waals surface area (Å²) in [4.78, 5) is 4.63. The Morgan fingerprint density at radius 1 is 1.39 bits per heavy atom. The standard InChI is InChI=1S/C13H20N4S/c1-4-5-13-15-11(8-18-13)7-17-10(3)12(6-14)9(2)16-17/h8H,4-7,14H2,1-3H3. The van der Waals surface area contributed by atoms with Crippen molar-refractivity contribution >= 4 is 11.3 Å². The predicted molar refractivity (Wildman–Crippen MR) is 74.8 cm³/mol. The lowest BCUT2D eigenvalue weighted by molar-refractivity contribution is 0.646. The zero-order valence-electron chi connectivity index (χ0n) is 11.2. The smallest absolute Gasteiger partial charge is 0.0928 e. The average Bonchev–Trinajstić information content (AvgIpc) is 2.87. The second kappa shape index (κ2) is 5.63. The molecular formula is C13H20N4S. The molecule has 2 heterocycles. The normalized spacial score (nSPS) is 11.1. The fourth-order valence-corrected chi connectivity index (χ4v) is 2.98. The summed E-state index contributed by atoms with van der Waals surface area (Å²) in [5.41, 5.74) is 10.2. The topological polar surface area (TPSA) is 56.7 Å². The maximum Gasteiger partial charge on any atom is 0.0928 e. The second-order valence-corrected chi connectivity index (χ2v) is 5.44. The molecule has 0 atom stereocenters. The first-order chi connectivity index (χ1) is 8.65. The van der Waals surface area contributed by atoms with Crippen molar-refractivity contribution in [3.63, 3.8) is 0 Å². The lowest BCUT2D eigenvalue weighted by Gasteiger charge is -2.02. The minimum atomic E-state index is 0.551. The average molecular weight is 264 g/mol. The summed E-state index contributed by atoms with van der Waals surface area (Å²) in [5, 5.41) is 7.88. The van der Waals surface area contributed by atoms with E-state index in [1.54, 1.807) is 11.3 Å². The molecule has 0 aliphatic carbocycles. The van der Waals surface area contributed by atoms with E-state index in [2.05, 4.69) is 29.3 Å². The molecule has 0 aromatic carbocycles. The van der Waals surface area contributed by atoms with Gasteiger partial charge in [-0.15, -0.1) is 11.3 Å². The summed E-state index contributed by atoms with van der Waals surface area (Å²) < 4.78 is 2.00. The van der Waals surface area contributed by atoms with Crippen LogP contribution < -0.4 is 5.73 Å². The fraction of sp³-hybridized carbons (Fsp3) is 0.538. The van der Waals surface area contributed by atoms with Gasteiger partial charge < -0.3 is 5.73 Å². The van der Waals surface area contributed by atoms with Gasteiger partial charge in [-0.05, 0) is 26.7 Å². The van der Waals surface area contributed by atoms with E-state index < -0.39 is 0 Å². The number of nitrogens with zero attached hydrogens (tertiary/aromatic N) is 3. The van der Waals surface area contributed by atoms with Crippen molar-refractivity contribution in [2.75, 3.05) is 0 Å². The Morgan fingerprint density at radius 3 is 2.78 bits per heavy atom. The Kier molecular flexibility index (Phi) is 4.14. The first-order valence-electron chi connectivity index (χ1n) is 6.32. The van der Waals surface area contributed by atoms with Gasteiger partial charge in [-0.2, -0.15) is 5.10 Å². The van der Waals surface area contributed by atoms with Gasteiger partial charge in [0.15, 0.2) is 0 Å². The molecule has 0 saturated carbocycles. The van der Waals surface area contributed by atoms with Crippen molar-refractivity contribution in [3.8, 4) is 0 Å². The van der Waals surface area contributed by atoms with Crippen molar-refractivity contribution in [2.24, 2.45) is 5.73 Å². The summed E-state index contributed by atoms with van der Waals surface area (Å²) >= 11 is 1.74. The first-order valence-corrected chi connectivity index (χ1v) is 7.19. The highest BCUT2D eigenvalue weighted by atomic mass is 32.1. The third kappa shape index (κ3) is 2.62. The minimum Gasteiger partial charge on any atom is -0.326 e. The molecular weight excluding hydrogens is 244 g/mol. The lowest BCUT2D eigenvalue weighted by atomic mass is 10.2. The number of rotatable bonds is 5. The third-order valence-electron chi connectivity index (χ3n) is 3.11. The highest BCUT2D eigenvalue weighted by Gasteiger charge is 2.11. The van der Waals surface area contributed by atoms with E-state index in [4.69, 9.17) is 5.73 Å². The highest BCUT2D eigenvalue weighted by Crippen LogP contribution is 2.16. The molecule has 5 heteroatoms. The van der Waals surface area contributed by atoms with E-state index in [9.17, 15) is 0 Å². The van der Waals surface area contributed by atoms with Crippen LogP contribution in [0.3, 0.4) is 0 Å². The van der Waals surface area contributed by atoms with Crippen molar-refractivity contribution in [1.29, 1.82) is 0 Å². The van der Waals surface area contributed by atoms with Crippen molar-refractivity contribution in [1.82, 2.24) is 14.8 Å². The molecule has 2 aromatic rings. The van der Waals surface area contributed by atoms with Gasteiger partial charge in [0.1, 0.15) is 0 Å². The van der Waals surface area contributed by atoms with Crippen LogP contribution in [0.25, 0.3) is 0 Å². The first kappa shape index (κ1) is 13.2. The van der Waals surface area contributed by atoms with Gasteiger partial charge >= 0.3 is 0 Å². The summed E-state index contributed by atoms with van der Waals surface area (Å²) in [7, 11) is 0. The maximum atomic E-state index is 5.73. The minimum absolute atomic E-state index is 0.551. The highest BCUT2D eigenvalue weighted by molar-refractivity contribution is 7.09. The molecule has 2 N–H and O–H groups in total. The zero-order chi connectivity index (χ0) is 13.1. The molecule has 2 rings (SSSR count). The molecule has 0 aliphatic heterocycles. The van der Waals surface area contributed by atoms with Gasteiger partial charge in [-0.3, -0.25) is 4.68 Å². The van der Waals surface area contributed by atoms with Crippen LogP contribution in [0.15, 0.2) is 5.38 Å². The Balaban J connectivity index is 2.17. The Bertz CT molecular complexity index is 527. The van der Waals surface area contributed by atoms with Crippen LogP contribution in [0.4, 0.5) is 0 Å². The van der Waals surface area contributed by atoms with E-state index in [0.29, 0.717) is 6.54 Å². The van der Waals surface area contributed by atoms with E-state index in [-0.39, 0.29) is 0 Å². The van der Waals surface area contributed by atoms with Crippen LogP contribution in [0.2, 0.25) is 0 Å². The van der Waals surface area contributed by atoms with Crippen LogP contribution in [0.5, 0.6) is 0 Å². The summed E-state index contributed by atoms with van der Waals surface area (Å²) in [5.74, 6) is 0. The second-order valence-electron chi connectivity index (χ2n) is 4.49. The van der Waals surface area contributed by atoms with Crippen molar-refractivity contribution < 1.29 is 0 Å². The molecule has 0 amide bonds. The predicted octanol–water partition coefficient (Wildman–Crippen LogP) is 2.42. The van der Waals surface area contributed by atoms with Crippen molar-refractivity contribution in [2.45, 2.75) is 46.7 Å². The Hall–Kier alpha value is -1.20. The molecule has 0 bridgehead atoms. The molecule has 0 saturated heterocycles. The molecule has 18 heavy (non-hydrogen) atoms. The summed E-state index contributed by atoms with van der Waals surface area (Å²) in [6, 6.07) is 0. The molecule has 2 aromatic heterocycles. The van der Waals surface area contributed by atoms with Gasteiger partial charge in [-0.1, -0.05) is 6.92 Å². The van der Waals surface area contributed by atoms with Crippen molar-refractivity contribution in [3.05, 3.63) is 33.0 Å². The van der Waals surface area contributed by atoms with E-state index >= 15 is 0 Å². The number of nitrogens with two attached hydrogens (primary N) is 1. The number of hydrogen-bond donors (Lipinski definition) is 1. The van der Waals surface area contributed by atoms with E-state index in [0.717, 1.165) is 42.0 Å². The molecule has 98 valence electrons. The molecule has 0 unspecified atom stereocenters. The number of aryl methyl sites for hydroxylation is 2. The summed E-state index contributed by atoms with van der Waals surface area (Å²) in [6.45, 7) is 7.55. The van der Waals surface area contributed by atoms with E-state index in [1.807, 2.05) is 11.6 Å². The largest absolute Gasteiger partial charge is 0.326 e. The van der Waals surface area contributed by atoms with Gasteiger partial charge in [-0.25, -0.2) is 4.98 Å². The SMILES string of the molecule is CCCc1nc(Cn2nc(C)c(CN)c2C)cs1. The third-order valence-corrected chi connectivity index (χ3v) is 4.07. The Labute approximate surface area is 112 Å². The number of aromatic nitrogens is 3. The van der Waals surface area contributed by atoms with Crippen LogP contribution >= 0.6 is 11.3 Å². The molecule has 0 spiro atoms. The summed E-state index contributed by atoms with van der Waals surface area (Å²) in [6.07, 6.45) is 2.21. The lowest BCUT2D eigenvalue weighted by Crippen LogP contribution is -2.06. The van der Waals surface area contributed by atoms with Gasteiger partial charge in [0.25, 0.3) is 0 Å². The molecule has 0 fully saturated rings. The molecule has 0 radical (unpaired) electrons. The van der Waals surface area contributed by atoms with Gasteiger partial charge in [0.2, 0.25) is 0 Å². The van der Waals surface area contributed by atoms with Crippen LogP contribution in [-0.2, 0) is 19.5 Å². The van der Waals surface area contributed by atoms with Crippen LogP contribution in [-0.4, -0.2) is 14.8 Å². The van der Waals surface area contributed by atoms with Gasteiger partial charge in [0, 0.05) is 23.2 Å². The zero-order valence-corrected chi connectivity index (χ0v) is 12.0. The van der Waals surface area contributed by atoms with Crippen LogP contribution in [0, 0.1) is 13.8 Å². The quantitative estimate of drug-likeness (QED) is 0.902. The monoisotopic (exact) mass is 264 g/mol. The number of hydrogen-bond acceptors (Lipinski definition) is 4. The van der Waals surface area contributed by atoms with Gasteiger partial charge in [0.05, 0.1) is 22.9 Å². The number of thiazole rings is 1. The van der Waals surface area contributed by atoms with Crippen LogP contribution in [0.1, 0.15) is 41.0 Å². The molecule has 0 aliphatic rings. The molecule has 4 nitrogen and oxygen atoms in total.